The van der Waals surface area contributed by atoms with E-state index in [1.165, 1.54) is 0 Å². The summed E-state index contributed by atoms with van der Waals surface area (Å²) in [4.78, 5) is 13.4. The van der Waals surface area contributed by atoms with Crippen LogP contribution in [-0.4, -0.2) is 36.5 Å². The number of carbonyl (C=O) groups excluding carboxylic acids is 1. The van der Waals surface area contributed by atoms with Gasteiger partial charge in [-0.2, -0.15) is 5.26 Å². The number of amides is 1. The topological polar surface area (TPSA) is 56.1 Å². The van der Waals surface area contributed by atoms with Crippen molar-refractivity contribution in [3.63, 3.8) is 0 Å². The zero-order valence-electron chi connectivity index (χ0n) is 9.07. The Hall–Kier alpha value is -1.08. The largest absolute Gasteiger partial charge is 0.344 e. The molecule has 0 aromatic carbocycles. The fourth-order valence-corrected chi connectivity index (χ4v) is 2.55. The van der Waals surface area contributed by atoms with Gasteiger partial charge in [-0.1, -0.05) is 6.42 Å². The monoisotopic (exact) mass is 207 g/mol. The summed E-state index contributed by atoms with van der Waals surface area (Å²) in [5, 5.41) is 12.3. The van der Waals surface area contributed by atoms with E-state index in [1.54, 1.807) is 4.90 Å². The van der Waals surface area contributed by atoms with Gasteiger partial charge < -0.3 is 10.2 Å². The first-order valence-corrected chi connectivity index (χ1v) is 5.63. The molecule has 0 aromatic rings. The van der Waals surface area contributed by atoms with Crippen LogP contribution in [0.1, 0.15) is 25.7 Å². The summed E-state index contributed by atoms with van der Waals surface area (Å²) in [6.45, 7) is 0.834. The van der Waals surface area contributed by atoms with Crippen molar-refractivity contribution >= 4 is 5.91 Å². The van der Waals surface area contributed by atoms with E-state index in [4.69, 9.17) is 5.26 Å². The van der Waals surface area contributed by atoms with Crippen molar-refractivity contribution in [1.82, 2.24) is 10.2 Å². The zero-order valence-corrected chi connectivity index (χ0v) is 9.07. The number of rotatable bonds is 2. The highest BCUT2D eigenvalue weighted by molar-refractivity contribution is 5.83. The summed E-state index contributed by atoms with van der Waals surface area (Å²) < 4.78 is 0. The molecule has 82 valence electrons. The Morgan fingerprint density at radius 3 is 2.87 bits per heavy atom. The summed E-state index contributed by atoms with van der Waals surface area (Å²) in [5.41, 5.74) is 0. The number of likely N-dealkylation sites (tertiary alicyclic amines) is 1. The van der Waals surface area contributed by atoms with Crippen LogP contribution in [0.3, 0.4) is 0 Å². The molecule has 2 fully saturated rings. The van der Waals surface area contributed by atoms with Crippen LogP contribution in [0.15, 0.2) is 0 Å². The average Bonchev–Trinajstić information content (AvgIpc) is 2.80. The summed E-state index contributed by atoms with van der Waals surface area (Å²) >= 11 is 0. The van der Waals surface area contributed by atoms with Crippen LogP contribution in [0, 0.1) is 17.2 Å². The molecule has 0 spiro atoms. The van der Waals surface area contributed by atoms with Crippen LogP contribution >= 0.6 is 0 Å². The molecule has 0 radical (unpaired) electrons. The predicted molar refractivity (Wildman–Crippen MR) is 55.9 cm³/mol. The predicted octanol–water partition coefficient (Wildman–Crippen LogP) is 0.499. The second-order valence-corrected chi connectivity index (χ2v) is 4.54. The van der Waals surface area contributed by atoms with Gasteiger partial charge in [0.15, 0.2) is 0 Å². The number of hydrogen-bond acceptors (Lipinski definition) is 3. The van der Waals surface area contributed by atoms with Gasteiger partial charge in [0.1, 0.15) is 0 Å². The molecule has 2 rings (SSSR count). The standard InChI is InChI=1S/C11H17N3O/c1-14-6-5-10(11(14)15)13-9-4-2-3-8(9)7-12/h8-10,13H,2-6H2,1H3. The number of nitrogens with zero attached hydrogens (tertiary/aromatic N) is 2. The van der Waals surface area contributed by atoms with Crippen molar-refractivity contribution in [3.8, 4) is 6.07 Å². The molecule has 3 unspecified atom stereocenters. The van der Waals surface area contributed by atoms with Gasteiger partial charge >= 0.3 is 0 Å². The van der Waals surface area contributed by atoms with Gasteiger partial charge in [-0.3, -0.25) is 4.79 Å². The Labute approximate surface area is 90.2 Å². The van der Waals surface area contributed by atoms with Gasteiger partial charge in [0.25, 0.3) is 0 Å². The van der Waals surface area contributed by atoms with Crippen molar-refractivity contribution in [2.24, 2.45) is 5.92 Å². The smallest absolute Gasteiger partial charge is 0.239 e. The van der Waals surface area contributed by atoms with Gasteiger partial charge in [-0.25, -0.2) is 0 Å². The molecule has 1 heterocycles. The summed E-state index contributed by atoms with van der Waals surface area (Å²) in [6.07, 6.45) is 3.99. The van der Waals surface area contributed by atoms with E-state index in [0.29, 0.717) is 0 Å². The fraction of sp³-hybridized carbons (Fsp3) is 0.818. The molecule has 4 nitrogen and oxygen atoms in total. The molecular formula is C11H17N3O. The van der Waals surface area contributed by atoms with Crippen LogP contribution in [0.25, 0.3) is 0 Å². The highest BCUT2D eigenvalue weighted by atomic mass is 16.2. The first-order valence-electron chi connectivity index (χ1n) is 5.63. The van der Waals surface area contributed by atoms with Crippen molar-refractivity contribution in [2.75, 3.05) is 13.6 Å². The highest BCUT2D eigenvalue weighted by Gasteiger charge is 2.34. The van der Waals surface area contributed by atoms with Gasteiger partial charge in [0.2, 0.25) is 5.91 Å². The first-order chi connectivity index (χ1) is 7.22. The zero-order chi connectivity index (χ0) is 10.8. The Morgan fingerprint density at radius 1 is 1.47 bits per heavy atom. The first kappa shape index (κ1) is 10.4. The maximum absolute atomic E-state index is 11.7. The van der Waals surface area contributed by atoms with Gasteiger partial charge in [-0.05, 0) is 19.3 Å². The molecule has 15 heavy (non-hydrogen) atoms. The molecular weight excluding hydrogens is 190 g/mol. The van der Waals surface area contributed by atoms with E-state index in [1.807, 2.05) is 7.05 Å². The molecule has 1 saturated carbocycles. The lowest BCUT2D eigenvalue weighted by atomic mass is 10.0. The summed E-state index contributed by atoms with van der Waals surface area (Å²) in [6, 6.07) is 2.51. The quantitative estimate of drug-likeness (QED) is 0.717. The molecule has 1 saturated heterocycles. The van der Waals surface area contributed by atoms with Crippen molar-refractivity contribution < 1.29 is 4.79 Å². The van der Waals surface area contributed by atoms with Crippen molar-refractivity contribution in [3.05, 3.63) is 0 Å². The van der Waals surface area contributed by atoms with Crippen LogP contribution in [0.4, 0.5) is 0 Å². The normalized spacial score (nSPS) is 35.9. The number of nitrogens with one attached hydrogen (secondary N) is 1. The third-order valence-corrected chi connectivity index (χ3v) is 3.52. The molecule has 1 aliphatic heterocycles. The third kappa shape index (κ3) is 1.98. The Balaban J connectivity index is 1.92. The van der Waals surface area contributed by atoms with Crippen LogP contribution in [0.2, 0.25) is 0 Å². The minimum Gasteiger partial charge on any atom is -0.344 e. The van der Waals surface area contributed by atoms with E-state index in [0.717, 1.165) is 32.2 Å². The second-order valence-electron chi connectivity index (χ2n) is 4.54. The van der Waals surface area contributed by atoms with Crippen LogP contribution in [-0.2, 0) is 4.79 Å². The number of nitriles is 1. The highest BCUT2D eigenvalue weighted by Crippen LogP contribution is 2.26. The number of hydrogen-bond donors (Lipinski definition) is 1. The number of carbonyl (C=O) groups is 1. The van der Waals surface area contributed by atoms with E-state index >= 15 is 0 Å². The number of likely N-dealkylation sites (N-methyl/N-ethyl adjacent to an activating group) is 1. The van der Waals surface area contributed by atoms with Crippen molar-refractivity contribution in [2.45, 2.75) is 37.8 Å². The third-order valence-electron chi connectivity index (χ3n) is 3.52. The van der Waals surface area contributed by atoms with E-state index < -0.39 is 0 Å². The van der Waals surface area contributed by atoms with Crippen LogP contribution < -0.4 is 5.32 Å². The van der Waals surface area contributed by atoms with Gasteiger partial charge in [-0.15, -0.1) is 0 Å². The molecule has 1 N–H and O–H groups in total. The molecule has 2 aliphatic rings. The molecule has 0 aromatic heterocycles. The Bertz CT molecular complexity index is 297. The van der Waals surface area contributed by atoms with Gasteiger partial charge in [0.05, 0.1) is 18.0 Å². The SMILES string of the molecule is CN1CCC(NC2CCCC2C#N)C1=O. The summed E-state index contributed by atoms with van der Waals surface area (Å²) in [5.74, 6) is 0.280. The lowest BCUT2D eigenvalue weighted by Crippen LogP contribution is -2.44. The average molecular weight is 207 g/mol. The van der Waals surface area contributed by atoms with E-state index in [-0.39, 0.29) is 23.9 Å². The fourth-order valence-electron chi connectivity index (χ4n) is 2.55. The maximum Gasteiger partial charge on any atom is 0.239 e. The minimum atomic E-state index is -0.0473. The molecule has 1 amide bonds. The van der Waals surface area contributed by atoms with Gasteiger partial charge in [0, 0.05) is 19.6 Å². The molecule has 4 heteroatoms. The lowest BCUT2D eigenvalue weighted by Gasteiger charge is -2.19. The van der Waals surface area contributed by atoms with Crippen LogP contribution in [0.5, 0.6) is 0 Å². The Kier molecular flexibility index (Phi) is 2.92. The second kappa shape index (κ2) is 4.19. The lowest BCUT2D eigenvalue weighted by molar-refractivity contribution is -0.128. The summed E-state index contributed by atoms with van der Waals surface area (Å²) in [7, 11) is 1.83. The van der Waals surface area contributed by atoms with E-state index in [9.17, 15) is 4.79 Å². The van der Waals surface area contributed by atoms with Crippen molar-refractivity contribution in [1.29, 1.82) is 5.26 Å². The molecule has 3 atom stereocenters. The Morgan fingerprint density at radius 2 is 2.27 bits per heavy atom. The minimum absolute atomic E-state index is 0.0473. The maximum atomic E-state index is 11.7. The molecule has 0 bridgehead atoms. The van der Waals surface area contributed by atoms with E-state index in [2.05, 4.69) is 11.4 Å². The molecule has 1 aliphatic carbocycles.